The lowest BCUT2D eigenvalue weighted by molar-refractivity contribution is 0.0608. The summed E-state index contributed by atoms with van der Waals surface area (Å²) < 4.78 is 11.1. The largest absolute Gasteiger partial charge is 0.497 e. The third kappa shape index (κ3) is 5.79. The number of aromatic nitrogens is 2. The number of aromatic amines is 1. The van der Waals surface area contributed by atoms with Crippen molar-refractivity contribution in [2.75, 3.05) is 20.3 Å². The van der Waals surface area contributed by atoms with Crippen molar-refractivity contribution < 1.29 is 19.4 Å². The Labute approximate surface area is 196 Å². The number of nitrogens with zero attached hydrogens (tertiary/aromatic N) is 1. The van der Waals surface area contributed by atoms with Crippen molar-refractivity contribution in [3.05, 3.63) is 57.0 Å². The van der Waals surface area contributed by atoms with Crippen LogP contribution in [0.2, 0.25) is 0 Å². The Morgan fingerprint density at radius 2 is 2.06 bits per heavy atom. The van der Waals surface area contributed by atoms with Crippen molar-refractivity contribution in [1.82, 2.24) is 15.3 Å². The minimum absolute atomic E-state index is 0.00893. The van der Waals surface area contributed by atoms with Gasteiger partial charge in [0.25, 0.3) is 11.5 Å². The molecule has 33 heavy (non-hydrogen) atoms. The Bertz CT molecular complexity index is 1150. The molecule has 8 nitrogen and oxygen atoms in total. The highest BCUT2D eigenvalue weighted by Crippen LogP contribution is 2.29. The van der Waals surface area contributed by atoms with E-state index in [1.807, 2.05) is 29.6 Å². The smallest absolute Gasteiger partial charge is 0.287 e. The van der Waals surface area contributed by atoms with Crippen molar-refractivity contribution in [3.63, 3.8) is 0 Å². The molecule has 2 heterocycles. The number of rotatable bonds is 9. The van der Waals surface area contributed by atoms with Gasteiger partial charge in [-0.1, -0.05) is 12.1 Å². The standard InChI is InChI=1S/C24H29N3O5S/c1-31-19-4-2-3-17(9-19)10-25-23(30)21-26-22(29)20-18(14-33-24(20)27-21)13-32-12-16-7-5-15(11-28)6-8-16/h2-4,9,14-16,28H,5-8,10-13H2,1H3,(H,25,30)(H,26,27,29). The minimum atomic E-state index is -0.443. The molecule has 3 N–H and O–H groups in total. The third-order valence-electron chi connectivity index (χ3n) is 6.16. The SMILES string of the molecule is COc1cccc(CNC(=O)c2nc3scc(COCC4CCC(CO)CC4)c3c(=O)[nH]2)c1. The number of nitrogens with one attached hydrogen (secondary N) is 2. The van der Waals surface area contributed by atoms with Gasteiger partial charge in [0.15, 0.2) is 0 Å². The number of aliphatic hydroxyl groups is 1. The zero-order chi connectivity index (χ0) is 23.2. The molecule has 0 unspecified atom stereocenters. The molecule has 3 aromatic rings. The molecule has 2 aromatic heterocycles. The highest BCUT2D eigenvalue weighted by atomic mass is 32.1. The molecule has 1 amide bonds. The second-order valence-corrected chi connectivity index (χ2v) is 9.33. The van der Waals surface area contributed by atoms with E-state index >= 15 is 0 Å². The summed E-state index contributed by atoms with van der Waals surface area (Å²) in [6.45, 7) is 1.55. The van der Waals surface area contributed by atoms with Gasteiger partial charge in [0, 0.05) is 25.3 Å². The van der Waals surface area contributed by atoms with Crippen molar-refractivity contribution in [2.24, 2.45) is 11.8 Å². The van der Waals surface area contributed by atoms with E-state index in [9.17, 15) is 14.7 Å². The predicted molar refractivity (Wildman–Crippen MR) is 127 cm³/mol. The van der Waals surface area contributed by atoms with Crippen molar-refractivity contribution in [2.45, 2.75) is 38.8 Å². The van der Waals surface area contributed by atoms with Gasteiger partial charge in [0.2, 0.25) is 5.82 Å². The summed E-state index contributed by atoms with van der Waals surface area (Å²) >= 11 is 1.33. The molecular weight excluding hydrogens is 442 g/mol. The number of fused-ring (bicyclic) bond motifs is 1. The number of H-pyrrole nitrogens is 1. The third-order valence-corrected chi connectivity index (χ3v) is 7.08. The average molecular weight is 472 g/mol. The second kappa shape index (κ2) is 10.9. The maximum Gasteiger partial charge on any atom is 0.287 e. The fourth-order valence-corrected chi connectivity index (χ4v) is 5.11. The fourth-order valence-electron chi connectivity index (χ4n) is 4.19. The number of methoxy groups -OCH3 is 1. The molecule has 0 radical (unpaired) electrons. The number of amides is 1. The Morgan fingerprint density at radius 3 is 2.82 bits per heavy atom. The van der Waals surface area contributed by atoms with Crippen LogP contribution < -0.4 is 15.6 Å². The first-order valence-corrected chi connectivity index (χ1v) is 12.1. The van der Waals surface area contributed by atoms with Crippen LogP contribution in [0.15, 0.2) is 34.4 Å². The maximum absolute atomic E-state index is 12.7. The van der Waals surface area contributed by atoms with Crippen LogP contribution in [-0.4, -0.2) is 41.3 Å². The normalized spacial score (nSPS) is 18.4. The van der Waals surface area contributed by atoms with Gasteiger partial charge in [-0.25, -0.2) is 4.98 Å². The van der Waals surface area contributed by atoms with Gasteiger partial charge >= 0.3 is 0 Å². The molecule has 0 aliphatic heterocycles. The molecule has 1 fully saturated rings. The zero-order valence-corrected chi connectivity index (χ0v) is 19.5. The second-order valence-electron chi connectivity index (χ2n) is 8.47. The quantitative estimate of drug-likeness (QED) is 0.442. The first-order chi connectivity index (χ1) is 16.1. The molecular formula is C24H29N3O5S. The van der Waals surface area contributed by atoms with E-state index in [-0.39, 0.29) is 18.0 Å². The number of hydrogen-bond donors (Lipinski definition) is 3. The van der Waals surface area contributed by atoms with Crippen LogP contribution in [0.3, 0.4) is 0 Å². The molecule has 4 rings (SSSR count). The van der Waals surface area contributed by atoms with Gasteiger partial charge in [0.05, 0.1) is 19.1 Å². The first kappa shape index (κ1) is 23.4. The molecule has 1 aromatic carbocycles. The molecule has 0 atom stereocenters. The first-order valence-electron chi connectivity index (χ1n) is 11.2. The summed E-state index contributed by atoms with van der Waals surface area (Å²) in [7, 11) is 1.59. The molecule has 1 aliphatic rings. The van der Waals surface area contributed by atoms with Crippen LogP contribution in [-0.2, 0) is 17.9 Å². The Hall–Kier alpha value is -2.75. The van der Waals surface area contributed by atoms with Gasteiger partial charge in [-0.05, 0) is 60.6 Å². The lowest BCUT2D eigenvalue weighted by Gasteiger charge is -2.26. The van der Waals surface area contributed by atoms with E-state index < -0.39 is 5.91 Å². The number of carbonyl (C=O) groups is 1. The predicted octanol–water partition coefficient (Wildman–Crippen LogP) is 3.24. The Morgan fingerprint density at radius 1 is 1.27 bits per heavy atom. The topological polar surface area (TPSA) is 114 Å². The van der Waals surface area contributed by atoms with Crippen LogP contribution in [0.5, 0.6) is 5.75 Å². The van der Waals surface area contributed by atoms with Crippen LogP contribution in [0.1, 0.15) is 47.4 Å². The molecule has 9 heteroatoms. The monoisotopic (exact) mass is 471 g/mol. The lowest BCUT2D eigenvalue weighted by Crippen LogP contribution is -2.27. The summed E-state index contributed by atoms with van der Waals surface area (Å²) in [6, 6.07) is 7.40. The van der Waals surface area contributed by atoms with Gasteiger partial charge in [0.1, 0.15) is 10.6 Å². The van der Waals surface area contributed by atoms with Crippen molar-refractivity contribution in [3.8, 4) is 5.75 Å². The molecule has 0 saturated heterocycles. The molecule has 1 aliphatic carbocycles. The van der Waals surface area contributed by atoms with Crippen LogP contribution >= 0.6 is 11.3 Å². The highest BCUT2D eigenvalue weighted by molar-refractivity contribution is 7.16. The summed E-state index contributed by atoms with van der Waals surface area (Å²) in [5.41, 5.74) is 1.33. The highest BCUT2D eigenvalue weighted by Gasteiger charge is 2.21. The molecule has 0 spiro atoms. The van der Waals surface area contributed by atoms with E-state index in [0.717, 1.165) is 36.8 Å². The number of ether oxygens (including phenoxy) is 2. The number of thiophene rings is 1. The Balaban J connectivity index is 1.36. The van der Waals surface area contributed by atoms with E-state index in [0.29, 0.717) is 47.6 Å². The minimum Gasteiger partial charge on any atom is -0.497 e. The summed E-state index contributed by atoms with van der Waals surface area (Å²) in [5, 5.41) is 14.4. The van der Waals surface area contributed by atoms with Gasteiger partial charge in [-0.15, -0.1) is 11.3 Å². The summed E-state index contributed by atoms with van der Waals surface area (Å²) in [5.74, 6) is 1.18. The summed E-state index contributed by atoms with van der Waals surface area (Å²) in [4.78, 5) is 32.8. The van der Waals surface area contributed by atoms with Gasteiger partial charge in [-0.2, -0.15) is 0 Å². The number of carbonyl (C=O) groups excluding carboxylic acids is 1. The summed E-state index contributed by atoms with van der Waals surface area (Å²) in [6.07, 6.45) is 4.20. The number of aliphatic hydroxyl groups excluding tert-OH is 1. The van der Waals surface area contributed by atoms with E-state index in [2.05, 4.69) is 15.3 Å². The lowest BCUT2D eigenvalue weighted by atomic mass is 9.83. The van der Waals surface area contributed by atoms with Crippen LogP contribution in [0, 0.1) is 11.8 Å². The number of hydrogen-bond acceptors (Lipinski definition) is 7. The van der Waals surface area contributed by atoms with E-state index in [1.165, 1.54) is 11.3 Å². The zero-order valence-electron chi connectivity index (χ0n) is 18.6. The van der Waals surface area contributed by atoms with Crippen LogP contribution in [0.4, 0.5) is 0 Å². The van der Waals surface area contributed by atoms with Crippen LogP contribution in [0.25, 0.3) is 10.2 Å². The van der Waals surface area contributed by atoms with Crippen molar-refractivity contribution >= 4 is 27.5 Å². The number of benzene rings is 1. The average Bonchev–Trinajstić information content (AvgIpc) is 3.26. The van der Waals surface area contributed by atoms with Gasteiger partial charge in [-0.3, -0.25) is 9.59 Å². The molecule has 1 saturated carbocycles. The molecule has 0 bridgehead atoms. The van der Waals surface area contributed by atoms with E-state index in [4.69, 9.17) is 9.47 Å². The van der Waals surface area contributed by atoms with E-state index in [1.54, 1.807) is 7.11 Å². The fraction of sp³-hybridized carbons (Fsp3) is 0.458. The van der Waals surface area contributed by atoms with Gasteiger partial charge < -0.3 is 24.9 Å². The Kier molecular flexibility index (Phi) is 7.74. The molecule has 176 valence electrons. The van der Waals surface area contributed by atoms with Crippen molar-refractivity contribution in [1.29, 1.82) is 0 Å². The maximum atomic E-state index is 12.7.